The lowest BCUT2D eigenvalue weighted by Crippen LogP contribution is -2.37. The lowest BCUT2D eigenvalue weighted by Gasteiger charge is -2.33. The van der Waals surface area contributed by atoms with Crippen LogP contribution in [0.15, 0.2) is 24.5 Å². The fourth-order valence-electron chi connectivity index (χ4n) is 6.22. The van der Waals surface area contributed by atoms with Crippen molar-refractivity contribution >= 4 is 23.3 Å². The van der Waals surface area contributed by atoms with Crippen molar-refractivity contribution in [3.63, 3.8) is 0 Å². The Morgan fingerprint density at radius 1 is 1.23 bits per heavy atom. The molecule has 3 aliphatic heterocycles. The molecule has 1 aromatic carbocycles. The quantitative estimate of drug-likeness (QED) is 0.536. The fraction of sp³-hybridized carbons (Fsp3) is 0.500. The Morgan fingerprint density at radius 2 is 2.08 bits per heavy atom. The molecule has 0 unspecified atom stereocenters. The number of nitrogens with zero attached hydrogens (tertiary/aromatic N) is 6. The highest BCUT2D eigenvalue weighted by molar-refractivity contribution is 5.78. The highest BCUT2D eigenvalue weighted by Gasteiger charge is 2.33. The predicted molar refractivity (Wildman–Crippen MR) is 142 cm³/mol. The molecule has 39 heavy (non-hydrogen) atoms. The number of anilines is 2. The van der Waals surface area contributed by atoms with Crippen LogP contribution in [0.4, 0.5) is 20.3 Å². The Bertz CT molecular complexity index is 1430. The summed E-state index contributed by atoms with van der Waals surface area (Å²) in [6, 6.07) is 3.50. The average molecular weight is 538 g/mol. The highest BCUT2D eigenvalue weighted by atomic mass is 19.3. The van der Waals surface area contributed by atoms with E-state index in [1.165, 1.54) is 0 Å². The second-order valence-electron chi connectivity index (χ2n) is 10.9. The average Bonchev–Trinajstić information content (AvgIpc) is 3.50. The number of hydrogen-bond acceptors (Lipinski definition) is 5. The molecule has 0 bridgehead atoms. The number of hydrogen-bond donors (Lipinski definition) is 1. The molecule has 0 spiro atoms. The topological polar surface area (TPSA) is 88.3 Å². The Morgan fingerprint density at radius 3 is 2.79 bits per heavy atom. The van der Waals surface area contributed by atoms with Crippen LogP contribution in [0.3, 0.4) is 0 Å². The van der Waals surface area contributed by atoms with Crippen molar-refractivity contribution in [2.24, 2.45) is 13.0 Å². The molecule has 1 fully saturated rings. The molecule has 5 heterocycles. The van der Waals surface area contributed by atoms with Gasteiger partial charge < -0.3 is 15.1 Å². The first kappa shape index (κ1) is 25.5. The van der Waals surface area contributed by atoms with E-state index in [4.69, 9.17) is 5.10 Å². The third-order valence-corrected chi connectivity index (χ3v) is 8.21. The zero-order chi connectivity index (χ0) is 27.3. The van der Waals surface area contributed by atoms with Crippen LogP contribution in [-0.4, -0.2) is 55.9 Å². The molecule has 2 amide bonds. The summed E-state index contributed by atoms with van der Waals surface area (Å²) in [5.74, 6) is 0.974. The van der Waals surface area contributed by atoms with Crippen molar-refractivity contribution in [3.05, 3.63) is 46.9 Å². The molecule has 9 nitrogen and oxygen atoms in total. The SMILES string of the molecule is CC(=O)N1CCc2c(c(N3CCCc4cc(-c5cnn(C)c5)c(C(F)F)cc43)nn2C[C@H]2CCNC(=O)C2)C1. The Hall–Kier alpha value is -3.76. The number of halogens is 2. The molecule has 3 aromatic rings. The fourth-order valence-corrected chi connectivity index (χ4v) is 6.22. The van der Waals surface area contributed by atoms with Crippen LogP contribution >= 0.6 is 0 Å². The van der Waals surface area contributed by atoms with Gasteiger partial charge in [0.25, 0.3) is 6.43 Å². The van der Waals surface area contributed by atoms with Gasteiger partial charge in [-0.3, -0.25) is 19.0 Å². The van der Waals surface area contributed by atoms with Crippen molar-refractivity contribution in [3.8, 4) is 11.1 Å². The van der Waals surface area contributed by atoms with Crippen LogP contribution in [0, 0.1) is 5.92 Å². The highest BCUT2D eigenvalue weighted by Crippen LogP contribution is 2.43. The number of carbonyl (C=O) groups is 2. The third kappa shape index (κ3) is 4.79. The van der Waals surface area contributed by atoms with E-state index < -0.39 is 6.43 Å². The first-order chi connectivity index (χ1) is 18.8. The van der Waals surface area contributed by atoms with Gasteiger partial charge in [0.1, 0.15) is 0 Å². The number of carbonyl (C=O) groups excluding carboxylic acids is 2. The Balaban J connectivity index is 1.43. The molecule has 6 rings (SSSR count). The van der Waals surface area contributed by atoms with Gasteiger partial charge in [-0.15, -0.1) is 0 Å². The smallest absolute Gasteiger partial charge is 0.264 e. The number of benzene rings is 1. The summed E-state index contributed by atoms with van der Waals surface area (Å²) in [6.45, 7) is 4.55. The van der Waals surface area contributed by atoms with E-state index in [0.717, 1.165) is 47.6 Å². The lowest BCUT2D eigenvalue weighted by molar-refractivity contribution is -0.129. The monoisotopic (exact) mass is 537 g/mol. The van der Waals surface area contributed by atoms with Crippen LogP contribution in [0.2, 0.25) is 0 Å². The number of aryl methyl sites for hydroxylation is 2. The van der Waals surface area contributed by atoms with Crippen molar-refractivity contribution in [2.75, 3.05) is 24.5 Å². The molecule has 11 heteroatoms. The molecular weight excluding hydrogens is 504 g/mol. The predicted octanol–water partition coefficient (Wildman–Crippen LogP) is 3.74. The first-order valence-electron chi connectivity index (χ1n) is 13.6. The molecule has 1 saturated heterocycles. The second-order valence-corrected chi connectivity index (χ2v) is 10.9. The zero-order valence-electron chi connectivity index (χ0n) is 22.3. The minimum Gasteiger partial charge on any atom is -0.356 e. The number of rotatable bonds is 5. The van der Waals surface area contributed by atoms with Crippen molar-refractivity contribution in [2.45, 2.75) is 58.5 Å². The van der Waals surface area contributed by atoms with Gasteiger partial charge in [-0.25, -0.2) is 8.78 Å². The van der Waals surface area contributed by atoms with Crippen molar-refractivity contribution in [1.29, 1.82) is 0 Å². The molecule has 3 aliphatic rings. The van der Waals surface area contributed by atoms with E-state index in [9.17, 15) is 18.4 Å². The number of fused-ring (bicyclic) bond motifs is 2. The van der Waals surface area contributed by atoms with Crippen LogP contribution < -0.4 is 10.2 Å². The number of alkyl halides is 2. The Labute approximate surface area is 225 Å². The summed E-state index contributed by atoms with van der Waals surface area (Å²) >= 11 is 0. The minimum atomic E-state index is -2.65. The molecule has 0 aliphatic carbocycles. The summed E-state index contributed by atoms with van der Waals surface area (Å²) in [5, 5.41) is 12.1. The van der Waals surface area contributed by atoms with Crippen LogP contribution in [0.1, 0.15) is 55.0 Å². The van der Waals surface area contributed by atoms with Gasteiger partial charge in [0, 0.05) is 87.3 Å². The van der Waals surface area contributed by atoms with Gasteiger partial charge >= 0.3 is 0 Å². The maximum atomic E-state index is 14.4. The first-order valence-corrected chi connectivity index (χ1v) is 13.6. The second kappa shape index (κ2) is 10.1. The standard InChI is InChI=1S/C28H33F2N7O2/c1-17(38)35-9-6-24-23(16-35)28(33-37(24)14-18-5-7-31-26(39)10-18)36-8-3-4-19-11-21(20-13-32-34(2)15-20)22(27(29)30)12-25(19)36/h11-13,15,18,27H,3-10,14,16H2,1-2H3,(H,31,39)/t18-/m0/s1. The summed E-state index contributed by atoms with van der Waals surface area (Å²) in [4.78, 5) is 28.2. The number of nitrogens with one attached hydrogen (secondary N) is 1. The van der Waals surface area contributed by atoms with Crippen molar-refractivity contribution in [1.82, 2.24) is 29.8 Å². The maximum Gasteiger partial charge on any atom is 0.264 e. The van der Waals surface area contributed by atoms with Crippen LogP contribution in [0.25, 0.3) is 11.1 Å². The van der Waals surface area contributed by atoms with Gasteiger partial charge in [-0.05, 0) is 48.4 Å². The largest absolute Gasteiger partial charge is 0.356 e. The molecule has 206 valence electrons. The molecular formula is C28H33F2N7O2. The molecule has 0 radical (unpaired) electrons. The summed E-state index contributed by atoms with van der Waals surface area (Å²) < 4.78 is 32.4. The summed E-state index contributed by atoms with van der Waals surface area (Å²) in [5.41, 5.74) is 4.93. The van der Waals surface area contributed by atoms with Gasteiger partial charge in [0.05, 0.1) is 12.7 Å². The molecule has 1 atom stereocenters. The number of piperidine rings is 1. The zero-order valence-corrected chi connectivity index (χ0v) is 22.3. The summed E-state index contributed by atoms with van der Waals surface area (Å²) in [6.07, 6.45) is 4.39. The molecule has 0 saturated carbocycles. The lowest BCUT2D eigenvalue weighted by atomic mass is 9.92. The van der Waals surface area contributed by atoms with E-state index in [0.29, 0.717) is 56.7 Å². The van der Waals surface area contributed by atoms with Crippen LogP contribution in [-0.2, 0) is 42.6 Å². The summed E-state index contributed by atoms with van der Waals surface area (Å²) in [7, 11) is 1.77. The van der Waals surface area contributed by atoms with Gasteiger partial charge in [-0.2, -0.15) is 10.2 Å². The van der Waals surface area contributed by atoms with Crippen LogP contribution in [0.5, 0.6) is 0 Å². The maximum absolute atomic E-state index is 14.4. The van der Waals surface area contributed by atoms with E-state index in [1.807, 2.05) is 15.6 Å². The molecule has 2 aromatic heterocycles. The van der Waals surface area contributed by atoms with Crippen molar-refractivity contribution < 1.29 is 18.4 Å². The van der Waals surface area contributed by atoms with Gasteiger partial charge in [0.2, 0.25) is 11.8 Å². The van der Waals surface area contributed by atoms with Gasteiger partial charge in [-0.1, -0.05) is 0 Å². The molecule has 1 N–H and O–H groups in total. The van der Waals surface area contributed by atoms with E-state index in [2.05, 4.69) is 15.3 Å². The number of amides is 2. The normalized spacial score (nSPS) is 19.2. The third-order valence-electron chi connectivity index (χ3n) is 8.21. The van der Waals surface area contributed by atoms with E-state index >= 15 is 0 Å². The minimum absolute atomic E-state index is 0.00319. The van der Waals surface area contributed by atoms with E-state index in [-0.39, 0.29) is 23.3 Å². The van der Waals surface area contributed by atoms with E-state index in [1.54, 1.807) is 37.1 Å². The number of aromatic nitrogens is 4. The Kier molecular flexibility index (Phi) is 6.60. The van der Waals surface area contributed by atoms with Gasteiger partial charge in [0.15, 0.2) is 5.82 Å².